The van der Waals surface area contributed by atoms with Crippen LogP contribution in [0, 0.1) is 6.92 Å². The Morgan fingerprint density at radius 3 is 2.77 bits per heavy atom. The van der Waals surface area contributed by atoms with Crippen LogP contribution in [0.1, 0.15) is 24.1 Å². The van der Waals surface area contributed by atoms with Crippen molar-refractivity contribution < 1.29 is 14.3 Å². The van der Waals surface area contributed by atoms with Crippen LogP contribution < -0.4 is 10.2 Å². The Morgan fingerprint density at radius 1 is 1.20 bits per heavy atom. The molecule has 0 spiro atoms. The van der Waals surface area contributed by atoms with Crippen molar-refractivity contribution in [1.82, 2.24) is 4.98 Å². The van der Waals surface area contributed by atoms with E-state index < -0.39 is 5.97 Å². The zero-order valence-electron chi connectivity index (χ0n) is 16.7. The molecule has 1 aliphatic heterocycles. The summed E-state index contributed by atoms with van der Waals surface area (Å²) < 4.78 is 5.13. The number of benzene rings is 1. The summed E-state index contributed by atoms with van der Waals surface area (Å²) in [7, 11) is 0. The standard InChI is InChI=1S/C22H23N3O3S2/c1-15-11-17(25-8-2-3-9-25)6-7-18(15)24-20(26)13-28-21(27)12-16-14-30-22(23-16)19-5-4-10-29-19/h4-7,10-11,14H,2-3,8-9,12-13H2,1H3,(H,24,26). The van der Waals surface area contributed by atoms with E-state index in [1.165, 1.54) is 29.9 Å². The Labute approximate surface area is 183 Å². The van der Waals surface area contributed by atoms with Crippen LogP contribution in [-0.2, 0) is 20.7 Å². The van der Waals surface area contributed by atoms with Gasteiger partial charge in [0.05, 0.1) is 17.0 Å². The lowest BCUT2D eigenvalue weighted by atomic mass is 10.1. The minimum absolute atomic E-state index is 0.0543. The van der Waals surface area contributed by atoms with Crippen LogP contribution in [0.2, 0.25) is 0 Å². The van der Waals surface area contributed by atoms with Gasteiger partial charge in [0.25, 0.3) is 5.91 Å². The van der Waals surface area contributed by atoms with E-state index in [0.717, 1.165) is 34.2 Å². The number of thiophene rings is 1. The van der Waals surface area contributed by atoms with Crippen molar-refractivity contribution in [3.8, 4) is 9.88 Å². The van der Waals surface area contributed by atoms with E-state index in [2.05, 4.69) is 21.3 Å². The van der Waals surface area contributed by atoms with E-state index in [4.69, 9.17) is 4.74 Å². The van der Waals surface area contributed by atoms with Crippen LogP contribution in [0.4, 0.5) is 11.4 Å². The molecule has 3 aromatic rings. The molecule has 156 valence electrons. The number of amides is 1. The van der Waals surface area contributed by atoms with Crippen molar-refractivity contribution in [1.29, 1.82) is 0 Å². The molecule has 0 unspecified atom stereocenters. The number of aryl methyl sites for hydroxylation is 1. The number of carbonyl (C=O) groups excluding carboxylic acids is 2. The smallest absolute Gasteiger partial charge is 0.312 e. The van der Waals surface area contributed by atoms with Gasteiger partial charge in [-0.05, 0) is 55.0 Å². The van der Waals surface area contributed by atoms with Crippen molar-refractivity contribution >= 4 is 45.9 Å². The van der Waals surface area contributed by atoms with Gasteiger partial charge in [-0.3, -0.25) is 9.59 Å². The average Bonchev–Trinajstić information content (AvgIpc) is 3.49. The molecule has 4 rings (SSSR count). The Bertz CT molecular complexity index is 1020. The van der Waals surface area contributed by atoms with Crippen LogP contribution in [0.5, 0.6) is 0 Å². The molecule has 6 nitrogen and oxygen atoms in total. The number of hydrogen-bond acceptors (Lipinski definition) is 7. The van der Waals surface area contributed by atoms with Crippen molar-refractivity contribution in [3.63, 3.8) is 0 Å². The van der Waals surface area contributed by atoms with Crippen molar-refractivity contribution in [2.45, 2.75) is 26.2 Å². The van der Waals surface area contributed by atoms with Gasteiger partial charge in [-0.1, -0.05) is 6.07 Å². The second kappa shape index (κ2) is 9.40. The molecule has 0 aliphatic carbocycles. The molecule has 8 heteroatoms. The number of rotatable bonds is 7. The van der Waals surface area contributed by atoms with E-state index in [1.807, 2.05) is 41.9 Å². The largest absolute Gasteiger partial charge is 0.455 e. The third-order valence-corrected chi connectivity index (χ3v) is 6.86. The summed E-state index contributed by atoms with van der Waals surface area (Å²) in [6, 6.07) is 9.98. The van der Waals surface area contributed by atoms with Gasteiger partial charge in [0.2, 0.25) is 0 Å². The number of nitrogens with one attached hydrogen (secondary N) is 1. The van der Waals surface area contributed by atoms with E-state index in [9.17, 15) is 9.59 Å². The first-order valence-corrected chi connectivity index (χ1v) is 11.6. The van der Waals surface area contributed by atoms with Gasteiger partial charge in [-0.2, -0.15) is 0 Å². The molecule has 1 aromatic carbocycles. The van der Waals surface area contributed by atoms with Crippen LogP contribution in [-0.4, -0.2) is 36.6 Å². The molecule has 1 aliphatic rings. The third-order valence-electron chi connectivity index (χ3n) is 4.93. The molecular formula is C22H23N3O3S2. The van der Waals surface area contributed by atoms with Gasteiger partial charge in [-0.25, -0.2) is 4.98 Å². The van der Waals surface area contributed by atoms with E-state index in [0.29, 0.717) is 5.69 Å². The van der Waals surface area contributed by atoms with Crippen LogP contribution in [0.3, 0.4) is 0 Å². The number of esters is 1. The van der Waals surface area contributed by atoms with E-state index in [1.54, 1.807) is 11.3 Å². The summed E-state index contributed by atoms with van der Waals surface area (Å²) in [4.78, 5) is 32.2. The quantitative estimate of drug-likeness (QED) is 0.547. The first kappa shape index (κ1) is 20.6. The molecule has 2 aromatic heterocycles. The van der Waals surface area contributed by atoms with Crippen molar-refractivity contribution in [2.24, 2.45) is 0 Å². The van der Waals surface area contributed by atoms with Gasteiger partial charge in [-0.15, -0.1) is 22.7 Å². The second-order valence-electron chi connectivity index (χ2n) is 7.20. The fraction of sp³-hybridized carbons (Fsp3) is 0.318. The molecular weight excluding hydrogens is 418 g/mol. The maximum atomic E-state index is 12.2. The zero-order valence-corrected chi connectivity index (χ0v) is 18.4. The molecule has 0 saturated carbocycles. The monoisotopic (exact) mass is 441 g/mol. The number of carbonyl (C=O) groups is 2. The first-order valence-electron chi connectivity index (χ1n) is 9.88. The predicted molar refractivity (Wildman–Crippen MR) is 121 cm³/mol. The van der Waals surface area contributed by atoms with Gasteiger partial charge < -0.3 is 15.0 Å². The van der Waals surface area contributed by atoms with Gasteiger partial charge >= 0.3 is 5.97 Å². The topological polar surface area (TPSA) is 71.5 Å². The number of ether oxygens (including phenoxy) is 1. The molecule has 1 N–H and O–H groups in total. The van der Waals surface area contributed by atoms with Gasteiger partial charge in [0.1, 0.15) is 5.01 Å². The minimum atomic E-state index is -0.464. The molecule has 1 amide bonds. The maximum absolute atomic E-state index is 12.2. The Kier molecular flexibility index (Phi) is 6.44. The summed E-state index contributed by atoms with van der Waals surface area (Å²) in [6.07, 6.45) is 2.50. The molecule has 30 heavy (non-hydrogen) atoms. The van der Waals surface area contributed by atoms with Crippen molar-refractivity contribution in [3.05, 3.63) is 52.3 Å². The number of anilines is 2. The normalized spacial score (nSPS) is 13.4. The Hall–Kier alpha value is -2.71. The summed E-state index contributed by atoms with van der Waals surface area (Å²) in [5.74, 6) is -0.813. The fourth-order valence-corrected chi connectivity index (χ4v) is 5.03. The SMILES string of the molecule is Cc1cc(N2CCCC2)ccc1NC(=O)COC(=O)Cc1csc(-c2cccs2)n1. The van der Waals surface area contributed by atoms with E-state index >= 15 is 0 Å². The highest BCUT2D eigenvalue weighted by Gasteiger charge is 2.15. The van der Waals surface area contributed by atoms with Crippen LogP contribution >= 0.6 is 22.7 Å². The molecule has 0 bridgehead atoms. The zero-order chi connectivity index (χ0) is 20.9. The lowest BCUT2D eigenvalue weighted by molar-refractivity contribution is -0.146. The molecule has 0 radical (unpaired) electrons. The average molecular weight is 442 g/mol. The summed E-state index contributed by atoms with van der Waals surface area (Å²) in [6.45, 7) is 3.81. The lowest BCUT2D eigenvalue weighted by Gasteiger charge is -2.19. The van der Waals surface area contributed by atoms with Crippen LogP contribution in [0.15, 0.2) is 41.1 Å². The summed E-state index contributed by atoms with van der Waals surface area (Å²) in [5.41, 5.74) is 3.56. The Morgan fingerprint density at radius 2 is 2.03 bits per heavy atom. The lowest BCUT2D eigenvalue weighted by Crippen LogP contribution is -2.22. The third kappa shape index (κ3) is 5.06. The molecule has 0 atom stereocenters. The van der Waals surface area contributed by atoms with Gasteiger partial charge in [0.15, 0.2) is 6.61 Å². The summed E-state index contributed by atoms with van der Waals surface area (Å²) in [5, 5.41) is 7.55. The summed E-state index contributed by atoms with van der Waals surface area (Å²) >= 11 is 3.10. The van der Waals surface area contributed by atoms with E-state index in [-0.39, 0.29) is 18.9 Å². The highest BCUT2D eigenvalue weighted by molar-refractivity contribution is 7.20. The molecule has 1 saturated heterocycles. The minimum Gasteiger partial charge on any atom is -0.455 e. The number of thiazole rings is 1. The first-order chi connectivity index (χ1) is 14.6. The number of hydrogen-bond donors (Lipinski definition) is 1. The second-order valence-corrected chi connectivity index (χ2v) is 9.01. The molecule has 3 heterocycles. The number of nitrogens with zero attached hydrogens (tertiary/aromatic N) is 2. The highest BCUT2D eigenvalue weighted by atomic mass is 32.1. The van der Waals surface area contributed by atoms with Crippen molar-refractivity contribution in [2.75, 3.05) is 29.9 Å². The van der Waals surface area contributed by atoms with Gasteiger partial charge in [0, 0.05) is 29.8 Å². The number of aromatic nitrogens is 1. The van der Waals surface area contributed by atoms with Crippen LogP contribution in [0.25, 0.3) is 9.88 Å². The Balaban J connectivity index is 1.26. The highest BCUT2D eigenvalue weighted by Crippen LogP contribution is 2.28. The predicted octanol–water partition coefficient (Wildman–Crippen LogP) is 4.50. The molecule has 1 fully saturated rings. The fourth-order valence-electron chi connectivity index (χ4n) is 3.39. The maximum Gasteiger partial charge on any atom is 0.312 e.